The standard InChI is InChI=1S/C53H44N4O2/c1-29-25-33(54)17-23-38(29)42-27-35(56)28-45-48(42)50-49(39-24-18-34(55)26-30(39)2)46(31-13-19-36(58-3)20-14-31)52(57)47(32-15-21-37(59-4)22-16-32)51(50)53(45)43-11-7-5-9-40(43)41-10-6-8-12-44(41)53/h5-28H,54-57H2,1-4H3. The fourth-order valence-electron chi connectivity index (χ4n) is 10.1. The van der Waals surface area contributed by atoms with Gasteiger partial charge in [0.1, 0.15) is 11.5 Å². The molecule has 0 radical (unpaired) electrons. The lowest BCUT2D eigenvalue weighted by molar-refractivity contribution is 0.415. The van der Waals surface area contributed by atoms with Gasteiger partial charge in [-0.05, 0) is 158 Å². The molecular weight excluding hydrogens is 725 g/mol. The molecule has 8 N–H and O–H groups in total. The molecule has 8 aromatic rings. The second kappa shape index (κ2) is 13.3. The van der Waals surface area contributed by atoms with Gasteiger partial charge in [-0.1, -0.05) is 84.9 Å². The predicted octanol–water partition coefficient (Wildman–Crippen LogP) is 11.7. The van der Waals surface area contributed by atoms with Gasteiger partial charge in [0.2, 0.25) is 0 Å². The van der Waals surface area contributed by atoms with Crippen molar-refractivity contribution in [3.8, 4) is 78.3 Å². The Hall–Kier alpha value is -7.44. The largest absolute Gasteiger partial charge is 0.497 e. The van der Waals surface area contributed by atoms with E-state index in [1.807, 2.05) is 48.5 Å². The van der Waals surface area contributed by atoms with Crippen LogP contribution in [0.2, 0.25) is 0 Å². The van der Waals surface area contributed by atoms with Gasteiger partial charge < -0.3 is 32.4 Å². The minimum Gasteiger partial charge on any atom is -0.497 e. The average molecular weight is 769 g/mol. The zero-order valence-corrected chi connectivity index (χ0v) is 33.5. The van der Waals surface area contributed by atoms with Crippen LogP contribution in [0.15, 0.2) is 146 Å². The molecule has 0 fully saturated rings. The van der Waals surface area contributed by atoms with E-state index in [4.69, 9.17) is 32.4 Å². The van der Waals surface area contributed by atoms with Gasteiger partial charge in [0, 0.05) is 39.4 Å². The lowest BCUT2D eigenvalue weighted by Gasteiger charge is -2.34. The van der Waals surface area contributed by atoms with Crippen molar-refractivity contribution in [1.82, 2.24) is 0 Å². The summed E-state index contributed by atoms with van der Waals surface area (Å²) in [5.41, 5.74) is 49.0. The van der Waals surface area contributed by atoms with Crippen LogP contribution in [0.5, 0.6) is 11.5 Å². The zero-order chi connectivity index (χ0) is 40.7. The molecule has 0 unspecified atom stereocenters. The maximum atomic E-state index is 7.90. The number of benzene rings is 8. The Morgan fingerprint density at radius 1 is 0.390 bits per heavy atom. The molecule has 6 heteroatoms. The van der Waals surface area contributed by atoms with Crippen molar-refractivity contribution in [2.24, 2.45) is 0 Å². The normalized spacial score (nSPS) is 12.8. The molecule has 0 aromatic heterocycles. The number of hydrogen-bond acceptors (Lipinski definition) is 6. The molecule has 10 rings (SSSR count). The first-order valence-electron chi connectivity index (χ1n) is 19.8. The first-order valence-corrected chi connectivity index (χ1v) is 19.8. The summed E-state index contributed by atoms with van der Waals surface area (Å²) in [6, 6.07) is 50.7. The van der Waals surface area contributed by atoms with Gasteiger partial charge >= 0.3 is 0 Å². The van der Waals surface area contributed by atoms with E-state index < -0.39 is 5.41 Å². The number of rotatable bonds is 6. The summed E-state index contributed by atoms with van der Waals surface area (Å²) >= 11 is 0. The minimum absolute atomic E-state index is 0.664. The van der Waals surface area contributed by atoms with Crippen molar-refractivity contribution in [2.75, 3.05) is 37.2 Å². The number of anilines is 4. The highest BCUT2D eigenvalue weighted by atomic mass is 16.5. The van der Waals surface area contributed by atoms with Gasteiger partial charge in [0.05, 0.1) is 19.6 Å². The summed E-state index contributed by atoms with van der Waals surface area (Å²) < 4.78 is 11.4. The molecule has 1 spiro atoms. The third-order valence-electron chi connectivity index (χ3n) is 12.5. The highest BCUT2D eigenvalue weighted by molar-refractivity contribution is 6.15. The molecule has 0 heterocycles. The number of hydrogen-bond donors (Lipinski definition) is 4. The molecule has 0 saturated heterocycles. The van der Waals surface area contributed by atoms with Crippen molar-refractivity contribution in [2.45, 2.75) is 19.3 Å². The Morgan fingerprint density at radius 2 is 0.898 bits per heavy atom. The first kappa shape index (κ1) is 35.9. The lowest BCUT2D eigenvalue weighted by Crippen LogP contribution is -2.27. The predicted molar refractivity (Wildman–Crippen MR) is 245 cm³/mol. The maximum absolute atomic E-state index is 7.90. The van der Waals surface area contributed by atoms with E-state index >= 15 is 0 Å². The smallest absolute Gasteiger partial charge is 0.118 e. The second-order valence-corrected chi connectivity index (χ2v) is 15.7. The number of nitrogen functional groups attached to an aromatic ring is 4. The van der Waals surface area contributed by atoms with E-state index in [1.165, 1.54) is 22.3 Å². The molecule has 8 aromatic carbocycles. The summed E-state index contributed by atoms with van der Waals surface area (Å²) in [6.07, 6.45) is 0. The van der Waals surface area contributed by atoms with Crippen LogP contribution in [0.1, 0.15) is 33.4 Å². The third kappa shape index (κ3) is 5.12. The van der Waals surface area contributed by atoms with Crippen LogP contribution in [0.3, 0.4) is 0 Å². The Labute approximate surface area is 344 Å². The Bertz CT molecular complexity index is 2980. The zero-order valence-electron chi connectivity index (χ0n) is 33.5. The van der Waals surface area contributed by atoms with Crippen LogP contribution in [-0.4, -0.2) is 14.2 Å². The molecule has 0 atom stereocenters. The Morgan fingerprint density at radius 3 is 1.42 bits per heavy atom. The average Bonchev–Trinajstić information content (AvgIpc) is 3.71. The fourth-order valence-corrected chi connectivity index (χ4v) is 10.1. The van der Waals surface area contributed by atoms with Crippen LogP contribution in [0.25, 0.3) is 66.8 Å². The van der Waals surface area contributed by atoms with Gasteiger partial charge in [0.25, 0.3) is 0 Å². The number of methoxy groups -OCH3 is 2. The number of fused-ring (bicyclic) bond motifs is 10. The number of aryl methyl sites for hydroxylation is 2. The molecule has 0 aliphatic heterocycles. The summed E-state index contributed by atoms with van der Waals surface area (Å²) in [4.78, 5) is 0. The minimum atomic E-state index is -0.817. The maximum Gasteiger partial charge on any atom is 0.118 e. The highest BCUT2D eigenvalue weighted by Gasteiger charge is 2.55. The van der Waals surface area contributed by atoms with Crippen molar-refractivity contribution in [3.63, 3.8) is 0 Å². The molecule has 0 amide bonds. The van der Waals surface area contributed by atoms with Crippen LogP contribution >= 0.6 is 0 Å². The summed E-state index contributed by atoms with van der Waals surface area (Å²) in [6.45, 7) is 4.25. The van der Waals surface area contributed by atoms with Gasteiger partial charge in [-0.2, -0.15) is 0 Å². The van der Waals surface area contributed by atoms with Gasteiger partial charge in [-0.25, -0.2) is 0 Å². The summed E-state index contributed by atoms with van der Waals surface area (Å²) in [5.74, 6) is 1.52. The molecular formula is C53H44N4O2. The van der Waals surface area contributed by atoms with Gasteiger partial charge in [-0.15, -0.1) is 0 Å². The quantitative estimate of drug-likeness (QED) is 0.125. The highest BCUT2D eigenvalue weighted by Crippen LogP contribution is 2.69. The van der Waals surface area contributed by atoms with Gasteiger partial charge in [-0.3, -0.25) is 0 Å². The Balaban J connectivity index is 1.52. The van der Waals surface area contributed by atoms with Crippen LogP contribution < -0.4 is 32.4 Å². The van der Waals surface area contributed by atoms with E-state index in [0.29, 0.717) is 22.7 Å². The Kier molecular flexibility index (Phi) is 8.11. The van der Waals surface area contributed by atoms with Crippen LogP contribution in [0, 0.1) is 13.8 Å². The van der Waals surface area contributed by atoms with Crippen molar-refractivity contribution in [3.05, 3.63) is 179 Å². The molecule has 59 heavy (non-hydrogen) atoms. The number of ether oxygens (including phenoxy) is 2. The van der Waals surface area contributed by atoms with Gasteiger partial charge in [0.15, 0.2) is 0 Å². The fraction of sp³-hybridized carbons (Fsp3) is 0.0943. The second-order valence-electron chi connectivity index (χ2n) is 15.7. The van der Waals surface area contributed by atoms with Crippen molar-refractivity contribution in [1.29, 1.82) is 0 Å². The topological polar surface area (TPSA) is 123 Å². The van der Waals surface area contributed by atoms with Crippen molar-refractivity contribution >= 4 is 22.7 Å². The van der Waals surface area contributed by atoms with E-state index in [0.717, 1.165) is 89.4 Å². The van der Waals surface area contributed by atoms with Crippen LogP contribution in [-0.2, 0) is 5.41 Å². The summed E-state index contributed by atoms with van der Waals surface area (Å²) in [7, 11) is 3.37. The van der Waals surface area contributed by atoms with E-state index in [-0.39, 0.29) is 0 Å². The van der Waals surface area contributed by atoms with E-state index in [1.54, 1.807) is 14.2 Å². The monoisotopic (exact) mass is 768 g/mol. The third-order valence-corrected chi connectivity index (χ3v) is 12.5. The summed E-state index contributed by atoms with van der Waals surface area (Å²) in [5, 5.41) is 0. The number of nitrogens with two attached hydrogens (primary N) is 4. The van der Waals surface area contributed by atoms with Crippen LogP contribution in [0.4, 0.5) is 22.7 Å². The molecule has 2 aliphatic rings. The van der Waals surface area contributed by atoms with E-state index in [9.17, 15) is 0 Å². The first-order chi connectivity index (χ1) is 28.6. The molecule has 0 saturated carbocycles. The van der Waals surface area contributed by atoms with E-state index in [2.05, 4.69) is 111 Å². The molecule has 0 bridgehead atoms. The lowest BCUT2D eigenvalue weighted by atomic mass is 9.67. The van der Waals surface area contributed by atoms with Crippen molar-refractivity contribution < 1.29 is 9.47 Å². The molecule has 288 valence electrons. The molecule has 6 nitrogen and oxygen atoms in total. The SMILES string of the molecule is COc1ccc(-c2c(N)c(-c3ccc(OC)cc3)c3c(c2-c2ccc(N)cc2C)-c2c(-c4ccc(N)cc4C)cc(N)cc2C32c3ccccc3-c3ccccc32)cc1. The molecule has 2 aliphatic carbocycles.